The van der Waals surface area contributed by atoms with Crippen molar-refractivity contribution >= 4 is 5.69 Å². The van der Waals surface area contributed by atoms with Crippen LogP contribution in [0.5, 0.6) is 17.2 Å². The highest BCUT2D eigenvalue weighted by Crippen LogP contribution is 2.40. The Morgan fingerprint density at radius 2 is 1.78 bits per heavy atom. The monoisotopic (exact) mass is 316 g/mol. The Kier molecular flexibility index (Phi) is 5.26. The van der Waals surface area contributed by atoms with Crippen LogP contribution in [0.25, 0.3) is 0 Å². The van der Waals surface area contributed by atoms with E-state index in [1.807, 2.05) is 12.1 Å². The summed E-state index contributed by atoms with van der Waals surface area (Å²) in [6.07, 6.45) is 0. The fraction of sp³-hybridized carbons (Fsp3) is 0.235. The molecule has 0 aliphatic carbocycles. The first kappa shape index (κ1) is 16.4. The minimum absolute atomic E-state index is 0.0213. The van der Waals surface area contributed by atoms with Crippen molar-refractivity contribution in [3.63, 3.8) is 0 Å². The van der Waals surface area contributed by atoms with Crippen LogP contribution in [0.2, 0.25) is 0 Å². The molecule has 23 heavy (non-hydrogen) atoms. The molecule has 0 aromatic heterocycles. The zero-order valence-corrected chi connectivity index (χ0v) is 13.1. The molecule has 1 N–H and O–H groups in total. The molecule has 0 atom stereocenters. The second-order valence-corrected chi connectivity index (χ2v) is 4.62. The quantitative estimate of drug-likeness (QED) is 0.885. The van der Waals surface area contributed by atoms with Gasteiger partial charge in [-0.25, -0.2) is 4.39 Å². The zero-order chi connectivity index (χ0) is 16.8. The molecule has 5 nitrogen and oxygen atoms in total. The molecule has 0 aliphatic heterocycles. The number of rotatable bonds is 6. The molecule has 0 amide bonds. The highest BCUT2D eigenvalue weighted by Gasteiger charge is 2.16. The van der Waals surface area contributed by atoms with E-state index in [1.54, 1.807) is 25.3 Å². The molecule has 0 bridgehead atoms. The average Bonchev–Trinajstić information content (AvgIpc) is 2.58. The standard InChI is InChI=1S/C17H17FN2O3/c1-21-15-8-7-11(16(22-2)17(15)23-3)10-20-14-6-4-5-13(18)12(14)9-19/h4-8,20H,10H2,1-3H3. The van der Waals surface area contributed by atoms with Crippen LogP contribution in [0.1, 0.15) is 11.1 Å². The van der Waals surface area contributed by atoms with Gasteiger partial charge in [0.2, 0.25) is 5.75 Å². The van der Waals surface area contributed by atoms with Crippen molar-refractivity contribution in [3.8, 4) is 23.3 Å². The number of ether oxygens (including phenoxy) is 3. The van der Waals surface area contributed by atoms with Crippen LogP contribution < -0.4 is 19.5 Å². The number of hydrogen-bond donors (Lipinski definition) is 1. The molecular formula is C17H17FN2O3. The van der Waals surface area contributed by atoms with E-state index in [0.29, 0.717) is 29.5 Å². The topological polar surface area (TPSA) is 63.5 Å². The minimum atomic E-state index is -0.559. The molecule has 2 aromatic carbocycles. The van der Waals surface area contributed by atoms with Gasteiger partial charge in [0.1, 0.15) is 17.4 Å². The lowest BCUT2D eigenvalue weighted by Gasteiger charge is -2.16. The van der Waals surface area contributed by atoms with Gasteiger partial charge in [-0.15, -0.1) is 0 Å². The lowest BCUT2D eigenvalue weighted by atomic mass is 10.1. The second-order valence-electron chi connectivity index (χ2n) is 4.62. The van der Waals surface area contributed by atoms with E-state index < -0.39 is 5.82 Å². The van der Waals surface area contributed by atoms with Gasteiger partial charge in [-0.1, -0.05) is 6.07 Å². The summed E-state index contributed by atoms with van der Waals surface area (Å²) in [7, 11) is 4.60. The molecule has 0 saturated carbocycles. The summed E-state index contributed by atoms with van der Waals surface area (Å²) in [5, 5.41) is 12.1. The number of methoxy groups -OCH3 is 3. The van der Waals surface area contributed by atoms with E-state index in [1.165, 1.54) is 20.3 Å². The van der Waals surface area contributed by atoms with Gasteiger partial charge in [0.05, 0.1) is 27.0 Å². The highest BCUT2D eigenvalue weighted by molar-refractivity contribution is 5.60. The molecule has 0 aliphatic rings. The third kappa shape index (κ3) is 3.29. The molecule has 120 valence electrons. The van der Waals surface area contributed by atoms with Crippen LogP contribution in [0, 0.1) is 17.1 Å². The molecule has 6 heteroatoms. The van der Waals surface area contributed by atoms with Crippen LogP contribution in [0.15, 0.2) is 30.3 Å². The van der Waals surface area contributed by atoms with Crippen LogP contribution in [-0.2, 0) is 6.54 Å². The van der Waals surface area contributed by atoms with Gasteiger partial charge in [0, 0.05) is 12.1 Å². The maximum atomic E-state index is 13.6. The SMILES string of the molecule is COc1ccc(CNc2cccc(F)c2C#N)c(OC)c1OC. The van der Waals surface area contributed by atoms with E-state index in [0.717, 1.165) is 5.56 Å². The number of halogens is 1. The third-order valence-corrected chi connectivity index (χ3v) is 3.38. The van der Waals surface area contributed by atoms with Gasteiger partial charge >= 0.3 is 0 Å². The van der Waals surface area contributed by atoms with Crippen molar-refractivity contribution in [2.24, 2.45) is 0 Å². The van der Waals surface area contributed by atoms with E-state index in [2.05, 4.69) is 5.32 Å². The Bertz CT molecular complexity index is 741. The lowest BCUT2D eigenvalue weighted by molar-refractivity contribution is 0.322. The van der Waals surface area contributed by atoms with Gasteiger partial charge in [0.25, 0.3) is 0 Å². The average molecular weight is 316 g/mol. The summed E-state index contributed by atoms with van der Waals surface area (Å²) in [5.74, 6) is 0.997. The number of nitrogens with one attached hydrogen (secondary N) is 1. The summed E-state index contributed by atoms with van der Waals surface area (Å²) < 4.78 is 29.6. The third-order valence-electron chi connectivity index (χ3n) is 3.38. The largest absolute Gasteiger partial charge is 0.493 e. The maximum Gasteiger partial charge on any atom is 0.203 e. The molecular weight excluding hydrogens is 299 g/mol. The van der Waals surface area contributed by atoms with Crippen molar-refractivity contribution in [2.75, 3.05) is 26.6 Å². The van der Waals surface area contributed by atoms with E-state index in [9.17, 15) is 4.39 Å². The van der Waals surface area contributed by atoms with Crippen molar-refractivity contribution < 1.29 is 18.6 Å². The van der Waals surface area contributed by atoms with E-state index >= 15 is 0 Å². The molecule has 0 unspecified atom stereocenters. The first-order chi connectivity index (χ1) is 11.2. The number of anilines is 1. The Morgan fingerprint density at radius 3 is 2.39 bits per heavy atom. The van der Waals surface area contributed by atoms with Gasteiger partial charge in [-0.3, -0.25) is 0 Å². The predicted octanol–water partition coefficient (Wildman–Crippen LogP) is 3.34. The number of nitriles is 1. The molecule has 2 rings (SSSR count). The van der Waals surface area contributed by atoms with Gasteiger partial charge in [-0.2, -0.15) is 5.26 Å². The van der Waals surface area contributed by atoms with E-state index in [-0.39, 0.29) is 5.56 Å². The number of nitrogens with zero attached hydrogens (tertiary/aromatic N) is 1. The van der Waals surface area contributed by atoms with Gasteiger partial charge in [0.15, 0.2) is 11.5 Å². The smallest absolute Gasteiger partial charge is 0.203 e. The lowest BCUT2D eigenvalue weighted by Crippen LogP contribution is -2.05. The Morgan fingerprint density at radius 1 is 1.04 bits per heavy atom. The van der Waals surface area contributed by atoms with E-state index in [4.69, 9.17) is 19.5 Å². The molecule has 0 heterocycles. The summed E-state index contributed by atoms with van der Waals surface area (Å²) >= 11 is 0. The maximum absolute atomic E-state index is 13.6. The predicted molar refractivity (Wildman–Crippen MR) is 84.5 cm³/mol. The number of benzene rings is 2. The molecule has 0 radical (unpaired) electrons. The molecule has 0 fully saturated rings. The van der Waals surface area contributed by atoms with Crippen LogP contribution >= 0.6 is 0 Å². The molecule has 0 spiro atoms. The Labute approximate surface area is 134 Å². The first-order valence-corrected chi connectivity index (χ1v) is 6.86. The van der Waals surface area contributed by atoms with Crippen LogP contribution in [-0.4, -0.2) is 21.3 Å². The minimum Gasteiger partial charge on any atom is -0.493 e. The van der Waals surface area contributed by atoms with Crippen molar-refractivity contribution in [1.82, 2.24) is 0 Å². The summed E-state index contributed by atoms with van der Waals surface area (Å²) in [4.78, 5) is 0. The highest BCUT2D eigenvalue weighted by atomic mass is 19.1. The normalized spacial score (nSPS) is 9.87. The first-order valence-electron chi connectivity index (χ1n) is 6.86. The van der Waals surface area contributed by atoms with Crippen molar-refractivity contribution in [3.05, 3.63) is 47.3 Å². The fourth-order valence-corrected chi connectivity index (χ4v) is 2.28. The molecule has 2 aromatic rings. The molecule has 0 saturated heterocycles. The summed E-state index contributed by atoms with van der Waals surface area (Å²) in [5.41, 5.74) is 1.19. The summed E-state index contributed by atoms with van der Waals surface area (Å²) in [6.45, 7) is 0.335. The van der Waals surface area contributed by atoms with Gasteiger partial charge < -0.3 is 19.5 Å². The van der Waals surface area contributed by atoms with Crippen molar-refractivity contribution in [1.29, 1.82) is 5.26 Å². The summed E-state index contributed by atoms with van der Waals surface area (Å²) in [6, 6.07) is 9.88. The second kappa shape index (κ2) is 7.36. The van der Waals surface area contributed by atoms with Crippen molar-refractivity contribution in [2.45, 2.75) is 6.54 Å². The van der Waals surface area contributed by atoms with Crippen LogP contribution in [0.3, 0.4) is 0 Å². The Balaban J connectivity index is 2.32. The zero-order valence-electron chi connectivity index (χ0n) is 13.1. The Hall–Kier alpha value is -2.94. The fourth-order valence-electron chi connectivity index (χ4n) is 2.28. The number of hydrogen-bond acceptors (Lipinski definition) is 5. The van der Waals surface area contributed by atoms with Crippen LogP contribution in [0.4, 0.5) is 10.1 Å². The van der Waals surface area contributed by atoms with Gasteiger partial charge in [-0.05, 0) is 24.3 Å².